The van der Waals surface area contributed by atoms with Gasteiger partial charge in [-0.25, -0.2) is 4.39 Å². The minimum atomic E-state index is -0.232. The first-order chi connectivity index (χ1) is 7.78. The molecular weight excluding hydrogens is 207 g/mol. The van der Waals surface area contributed by atoms with Gasteiger partial charge in [0.2, 0.25) is 0 Å². The molecule has 1 saturated heterocycles. The smallest absolute Gasteiger partial charge is 0.127 e. The van der Waals surface area contributed by atoms with Crippen LogP contribution in [0.5, 0.6) is 5.75 Å². The van der Waals surface area contributed by atoms with Crippen LogP contribution in [-0.4, -0.2) is 38.2 Å². The molecule has 0 atom stereocenters. The number of nitrogens with one attached hydrogen (secondary N) is 1. The van der Waals surface area contributed by atoms with Crippen molar-refractivity contribution in [2.45, 2.75) is 6.54 Å². The van der Waals surface area contributed by atoms with Gasteiger partial charge in [0.25, 0.3) is 0 Å². The number of benzene rings is 1. The highest BCUT2D eigenvalue weighted by Gasteiger charge is 2.11. The summed E-state index contributed by atoms with van der Waals surface area (Å²) in [6.07, 6.45) is 0. The minimum absolute atomic E-state index is 0.232. The van der Waals surface area contributed by atoms with E-state index in [1.54, 1.807) is 13.2 Å². The van der Waals surface area contributed by atoms with Crippen molar-refractivity contribution < 1.29 is 9.13 Å². The largest absolute Gasteiger partial charge is 0.497 e. The van der Waals surface area contributed by atoms with Gasteiger partial charge in [0.1, 0.15) is 11.6 Å². The highest BCUT2D eigenvalue weighted by Crippen LogP contribution is 2.17. The number of piperazine rings is 1. The number of methoxy groups -OCH3 is 1. The molecule has 0 amide bonds. The molecule has 0 saturated carbocycles. The van der Waals surface area contributed by atoms with Crippen LogP contribution in [0.2, 0.25) is 0 Å². The van der Waals surface area contributed by atoms with Gasteiger partial charge in [-0.05, 0) is 17.7 Å². The normalized spacial score (nSPS) is 17.4. The molecule has 1 aromatic rings. The van der Waals surface area contributed by atoms with Crippen LogP contribution in [0.15, 0.2) is 18.2 Å². The Kier molecular flexibility index (Phi) is 3.74. The fourth-order valence-electron chi connectivity index (χ4n) is 1.96. The number of hydrogen-bond acceptors (Lipinski definition) is 3. The lowest BCUT2D eigenvalue weighted by molar-refractivity contribution is 0.232. The van der Waals surface area contributed by atoms with E-state index in [1.807, 2.05) is 6.07 Å². The van der Waals surface area contributed by atoms with E-state index < -0.39 is 0 Å². The first-order valence-electron chi connectivity index (χ1n) is 5.54. The predicted octanol–water partition coefficient (Wildman–Crippen LogP) is 1.24. The van der Waals surface area contributed by atoms with Crippen LogP contribution in [0.3, 0.4) is 0 Å². The Labute approximate surface area is 95.2 Å². The lowest BCUT2D eigenvalue weighted by atomic mass is 10.2. The molecule has 3 nitrogen and oxygen atoms in total. The standard InChI is InChI=1S/C12H17FN2O/c1-16-12-7-10(6-11(13)8-12)9-15-4-2-14-3-5-15/h6-8,14H,2-5,9H2,1H3. The average Bonchev–Trinajstić information content (AvgIpc) is 2.29. The topological polar surface area (TPSA) is 24.5 Å². The summed E-state index contributed by atoms with van der Waals surface area (Å²) in [6, 6.07) is 4.87. The summed E-state index contributed by atoms with van der Waals surface area (Å²) >= 11 is 0. The van der Waals surface area contributed by atoms with Crippen LogP contribution in [0.25, 0.3) is 0 Å². The van der Waals surface area contributed by atoms with Gasteiger partial charge in [-0.2, -0.15) is 0 Å². The zero-order valence-corrected chi connectivity index (χ0v) is 9.50. The maximum atomic E-state index is 13.3. The number of halogens is 1. The van der Waals surface area contributed by atoms with Crippen LogP contribution in [0.4, 0.5) is 4.39 Å². The first-order valence-corrected chi connectivity index (χ1v) is 5.54. The van der Waals surface area contributed by atoms with E-state index in [4.69, 9.17) is 4.74 Å². The molecule has 0 aromatic heterocycles. The van der Waals surface area contributed by atoms with Crippen LogP contribution in [0.1, 0.15) is 5.56 Å². The molecule has 1 aromatic carbocycles. The Bertz CT molecular complexity index is 351. The van der Waals surface area contributed by atoms with Gasteiger partial charge in [0, 0.05) is 38.8 Å². The fourth-order valence-corrected chi connectivity index (χ4v) is 1.96. The van der Waals surface area contributed by atoms with Gasteiger partial charge in [-0.15, -0.1) is 0 Å². The van der Waals surface area contributed by atoms with Gasteiger partial charge in [-0.3, -0.25) is 4.90 Å². The molecule has 1 N–H and O–H groups in total. The number of rotatable bonds is 3. The molecule has 2 rings (SSSR count). The van der Waals surface area contributed by atoms with Gasteiger partial charge in [-0.1, -0.05) is 0 Å². The van der Waals surface area contributed by atoms with E-state index in [2.05, 4.69) is 10.2 Å². The number of ether oxygens (including phenoxy) is 1. The van der Waals surface area contributed by atoms with Gasteiger partial charge in [0.05, 0.1) is 7.11 Å². The second-order valence-electron chi connectivity index (χ2n) is 4.03. The molecule has 16 heavy (non-hydrogen) atoms. The summed E-state index contributed by atoms with van der Waals surface area (Å²) in [4.78, 5) is 2.31. The monoisotopic (exact) mass is 224 g/mol. The molecule has 1 fully saturated rings. The number of hydrogen-bond donors (Lipinski definition) is 1. The molecule has 1 aliphatic heterocycles. The third-order valence-electron chi connectivity index (χ3n) is 2.78. The van der Waals surface area contributed by atoms with Crippen molar-refractivity contribution in [1.82, 2.24) is 10.2 Å². The van der Waals surface area contributed by atoms with Crippen molar-refractivity contribution in [3.05, 3.63) is 29.6 Å². The Balaban J connectivity index is 2.04. The quantitative estimate of drug-likeness (QED) is 0.836. The van der Waals surface area contributed by atoms with E-state index in [1.165, 1.54) is 6.07 Å². The van der Waals surface area contributed by atoms with Crippen molar-refractivity contribution in [3.8, 4) is 5.75 Å². The summed E-state index contributed by atoms with van der Waals surface area (Å²) in [5.41, 5.74) is 0.971. The molecule has 0 radical (unpaired) electrons. The molecular formula is C12H17FN2O. The van der Waals surface area contributed by atoms with Crippen molar-refractivity contribution in [3.63, 3.8) is 0 Å². The predicted molar refractivity (Wildman–Crippen MR) is 61.1 cm³/mol. The van der Waals surface area contributed by atoms with E-state index in [0.717, 1.165) is 38.3 Å². The Morgan fingerprint density at radius 1 is 1.31 bits per heavy atom. The van der Waals surface area contributed by atoms with Gasteiger partial charge in [0.15, 0.2) is 0 Å². The average molecular weight is 224 g/mol. The number of nitrogens with zero attached hydrogens (tertiary/aromatic N) is 1. The summed E-state index contributed by atoms with van der Waals surface area (Å²) in [7, 11) is 1.56. The zero-order chi connectivity index (χ0) is 11.4. The van der Waals surface area contributed by atoms with Crippen molar-refractivity contribution in [2.24, 2.45) is 0 Å². The second-order valence-corrected chi connectivity index (χ2v) is 4.03. The molecule has 1 heterocycles. The SMILES string of the molecule is COc1cc(F)cc(CN2CCNCC2)c1. The third-order valence-corrected chi connectivity index (χ3v) is 2.78. The lowest BCUT2D eigenvalue weighted by Gasteiger charge is -2.27. The summed E-state index contributed by atoms with van der Waals surface area (Å²) in [5, 5.41) is 3.29. The Hall–Kier alpha value is -1.13. The zero-order valence-electron chi connectivity index (χ0n) is 9.50. The van der Waals surface area contributed by atoms with E-state index in [9.17, 15) is 4.39 Å². The maximum absolute atomic E-state index is 13.3. The summed E-state index contributed by atoms with van der Waals surface area (Å²) < 4.78 is 18.3. The van der Waals surface area contributed by atoms with Crippen LogP contribution in [-0.2, 0) is 6.54 Å². The van der Waals surface area contributed by atoms with Gasteiger partial charge < -0.3 is 10.1 Å². The van der Waals surface area contributed by atoms with Crippen LogP contribution >= 0.6 is 0 Å². The second kappa shape index (κ2) is 5.27. The Morgan fingerprint density at radius 2 is 2.06 bits per heavy atom. The van der Waals surface area contributed by atoms with E-state index in [-0.39, 0.29) is 5.82 Å². The lowest BCUT2D eigenvalue weighted by Crippen LogP contribution is -2.42. The van der Waals surface area contributed by atoms with E-state index >= 15 is 0 Å². The maximum Gasteiger partial charge on any atom is 0.127 e. The van der Waals surface area contributed by atoms with Gasteiger partial charge >= 0.3 is 0 Å². The first kappa shape index (κ1) is 11.4. The van der Waals surface area contributed by atoms with Crippen molar-refractivity contribution in [1.29, 1.82) is 0 Å². The molecule has 88 valence electrons. The summed E-state index contributed by atoms with van der Waals surface area (Å²) in [6.45, 7) is 4.83. The fraction of sp³-hybridized carbons (Fsp3) is 0.500. The van der Waals surface area contributed by atoms with Crippen molar-refractivity contribution >= 4 is 0 Å². The molecule has 1 aliphatic rings. The molecule has 0 aliphatic carbocycles. The van der Waals surface area contributed by atoms with Crippen molar-refractivity contribution in [2.75, 3.05) is 33.3 Å². The molecule has 0 bridgehead atoms. The molecule has 0 spiro atoms. The minimum Gasteiger partial charge on any atom is -0.497 e. The Morgan fingerprint density at radius 3 is 2.75 bits per heavy atom. The van der Waals surface area contributed by atoms with Crippen LogP contribution in [0, 0.1) is 5.82 Å². The molecule has 4 heteroatoms. The summed E-state index contributed by atoms with van der Waals surface area (Å²) in [5.74, 6) is 0.356. The van der Waals surface area contributed by atoms with E-state index in [0.29, 0.717) is 5.75 Å². The highest BCUT2D eigenvalue weighted by atomic mass is 19.1. The highest BCUT2D eigenvalue weighted by molar-refractivity contribution is 5.29. The van der Waals surface area contributed by atoms with Crippen LogP contribution < -0.4 is 10.1 Å². The third kappa shape index (κ3) is 2.93. The molecule has 0 unspecified atom stereocenters.